The molecule has 0 N–H and O–H groups in total. The molecule has 0 aromatic heterocycles. The van der Waals surface area contributed by atoms with Crippen molar-refractivity contribution < 1.29 is 28.7 Å². The van der Waals surface area contributed by atoms with Crippen LogP contribution in [0.25, 0.3) is 0 Å². The second-order valence-electron chi connectivity index (χ2n) is 7.83. The van der Waals surface area contributed by atoms with E-state index in [1.165, 1.54) is 26.4 Å². The van der Waals surface area contributed by atoms with Crippen LogP contribution in [0.15, 0.2) is 54.1 Å². The summed E-state index contributed by atoms with van der Waals surface area (Å²) in [4.78, 5) is 51.5. The van der Waals surface area contributed by atoms with Gasteiger partial charge in [0.25, 0.3) is 0 Å². The highest BCUT2D eigenvalue weighted by atomic mass is 16.5. The second-order valence-corrected chi connectivity index (χ2v) is 7.83. The minimum atomic E-state index is -1.60. The monoisotopic (exact) mass is 394 g/mol. The Morgan fingerprint density at radius 3 is 2.17 bits per heavy atom. The maximum absolute atomic E-state index is 13.1. The SMILES string of the molecule is COC(=O)C1(C(=O)OC)CC2=CC[C@H]3C(=O)C=CC(=O)[C@H]3[C@H]2[C@@H]1c1ccccc1. The van der Waals surface area contributed by atoms with Crippen LogP contribution in [0.4, 0.5) is 0 Å². The van der Waals surface area contributed by atoms with Crippen LogP contribution >= 0.6 is 0 Å². The first-order valence-electron chi connectivity index (χ1n) is 9.62. The quantitative estimate of drug-likeness (QED) is 0.445. The Morgan fingerprint density at radius 2 is 1.55 bits per heavy atom. The number of carbonyl (C=O) groups is 4. The summed E-state index contributed by atoms with van der Waals surface area (Å²) in [6.07, 6.45) is 5.11. The van der Waals surface area contributed by atoms with E-state index in [2.05, 4.69) is 0 Å². The van der Waals surface area contributed by atoms with Crippen LogP contribution in [0.1, 0.15) is 24.3 Å². The molecule has 0 radical (unpaired) electrons. The average molecular weight is 394 g/mol. The molecule has 1 saturated carbocycles. The lowest BCUT2D eigenvalue weighted by molar-refractivity contribution is -0.170. The van der Waals surface area contributed by atoms with Crippen LogP contribution in [-0.2, 0) is 28.7 Å². The van der Waals surface area contributed by atoms with E-state index < -0.39 is 41.0 Å². The lowest BCUT2D eigenvalue weighted by Gasteiger charge is -2.39. The minimum absolute atomic E-state index is 0.0923. The lowest BCUT2D eigenvalue weighted by Crippen LogP contribution is -2.47. The first kappa shape index (κ1) is 19.3. The highest BCUT2D eigenvalue weighted by Gasteiger charge is 2.66. The molecule has 0 spiro atoms. The van der Waals surface area contributed by atoms with Gasteiger partial charge in [-0.05, 0) is 36.5 Å². The van der Waals surface area contributed by atoms with Gasteiger partial charge in [0.2, 0.25) is 0 Å². The summed E-state index contributed by atoms with van der Waals surface area (Å²) in [6, 6.07) is 9.16. The molecule has 150 valence electrons. The zero-order valence-corrected chi connectivity index (χ0v) is 16.3. The van der Waals surface area contributed by atoms with Gasteiger partial charge in [0.05, 0.1) is 14.2 Å². The largest absolute Gasteiger partial charge is 0.468 e. The van der Waals surface area contributed by atoms with Crippen LogP contribution in [0.2, 0.25) is 0 Å². The maximum atomic E-state index is 13.1. The number of benzene rings is 1. The number of ether oxygens (including phenoxy) is 2. The van der Waals surface area contributed by atoms with Crippen molar-refractivity contribution in [3.63, 3.8) is 0 Å². The average Bonchev–Trinajstić information content (AvgIpc) is 3.11. The van der Waals surface area contributed by atoms with E-state index in [0.717, 1.165) is 11.1 Å². The van der Waals surface area contributed by atoms with Gasteiger partial charge in [-0.15, -0.1) is 0 Å². The Bertz CT molecular complexity index is 925. The fourth-order valence-corrected chi connectivity index (χ4v) is 5.46. The van der Waals surface area contributed by atoms with E-state index in [9.17, 15) is 19.2 Å². The van der Waals surface area contributed by atoms with E-state index in [1.54, 1.807) is 0 Å². The fourth-order valence-electron chi connectivity index (χ4n) is 5.46. The van der Waals surface area contributed by atoms with Crippen molar-refractivity contribution in [2.75, 3.05) is 14.2 Å². The van der Waals surface area contributed by atoms with Gasteiger partial charge in [0, 0.05) is 17.8 Å². The number of rotatable bonds is 3. The Kier molecular flexibility index (Phi) is 4.73. The lowest BCUT2D eigenvalue weighted by atomic mass is 9.61. The van der Waals surface area contributed by atoms with Crippen molar-refractivity contribution in [3.05, 3.63) is 59.7 Å². The van der Waals surface area contributed by atoms with Crippen molar-refractivity contribution >= 4 is 23.5 Å². The molecule has 1 aromatic carbocycles. The predicted molar refractivity (Wildman–Crippen MR) is 103 cm³/mol. The molecule has 0 bridgehead atoms. The van der Waals surface area contributed by atoms with E-state index in [0.29, 0.717) is 6.42 Å². The number of methoxy groups -OCH3 is 2. The number of fused-ring (bicyclic) bond motifs is 3. The summed E-state index contributed by atoms with van der Waals surface area (Å²) in [5.41, 5.74) is -0.0136. The summed E-state index contributed by atoms with van der Waals surface area (Å²) >= 11 is 0. The zero-order chi connectivity index (χ0) is 20.8. The van der Waals surface area contributed by atoms with Gasteiger partial charge in [0.1, 0.15) is 0 Å². The van der Waals surface area contributed by atoms with Crippen molar-refractivity contribution in [1.29, 1.82) is 0 Å². The van der Waals surface area contributed by atoms with Crippen LogP contribution < -0.4 is 0 Å². The number of hydrogen-bond acceptors (Lipinski definition) is 6. The molecule has 4 rings (SSSR count). The standard InChI is InChI=1S/C23H22O6/c1-28-21(26)23(22(27)29-2)12-14-8-9-15-16(24)10-11-17(25)19(15)18(14)20(23)13-6-4-3-5-7-13/h3-8,10-11,15,18-20H,9,12H2,1-2H3/t15-,18-,19-,20-/m0/s1. The normalized spacial score (nSPS) is 29.5. The molecule has 4 atom stereocenters. The molecule has 29 heavy (non-hydrogen) atoms. The highest BCUT2D eigenvalue weighted by Crippen LogP contribution is 2.62. The number of hydrogen-bond donors (Lipinski definition) is 0. The van der Waals surface area contributed by atoms with Crippen molar-refractivity contribution in [2.24, 2.45) is 23.2 Å². The van der Waals surface area contributed by atoms with E-state index in [4.69, 9.17) is 9.47 Å². The van der Waals surface area contributed by atoms with Crippen molar-refractivity contribution in [2.45, 2.75) is 18.8 Å². The molecule has 3 aliphatic carbocycles. The summed E-state index contributed by atoms with van der Waals surface area (Å²) in [5, 5.41) is 0. The first-order chi connectivity index (χ1) is 14.0. The summed E-state index contributed by atoms with van der Waals surface area (Å²) in [7, 11) is 2.48. The van der Waals surface area contributed by atoms with Gasteiger partial charge < -0.3 is 9.47 Å². The van der Waals surface area contributed by atoms with Crippen LogP contribution in [-0.4, -0.2) is 37.7 Å². The second kappa shape index (κ2) is 7.10. The minimum Gasteiger partial charge on any atom is -0.468 e. The Labute approximate surface area is 168 Å². The third kappa shape index (κ3) is 2.69. The van der Waals surface area contributed by atoms with Crippen LogP contribution in [0.5, 0.6) is 0 Å². The Balaban J connectivity index is 1.96. The molecule has 0 saturated heterocycles. The summed E-state index contributed by atoms with van der Waals surface area (Å²) < 4.78 is 10.1. The summed E-state index contributed by atoms with van der Waals surface area (Å²) in [5.74, 6) is -3.79. The maximum Gasteiger partial charge on any atom is 0.324 e. The topological polar surface area (TPSA) is 86.7 Å². The third-order valence-electron chi connectivity index (χ3n) is 6.62. The van der Waals surface area contributed by atoms with Gasteiger partial charge in [-0.2, -0.15) is 0 Å². The van der Waals surface area contributed by atoms with Crippen molar-refractivity contribution in [1.82, 2.24) is 0 Å². The number of allylic oxidation sites excluding steroid dienone is 4. The number of esters is 2. The van der Waals surface area contributed by atoms with E-state index in [1.807, 2.05) is 36.4 Å². The highest BCUT2D eigenvalue weighted by molar-refractivity contribution is 6.08. The van der Waals surface area contributed by atoms with Crippen LogP contribution in [0.3, 0.4) is 0 Å². The molecule has 0 heterocycles. The Morgan fingerprint density at radius 1 is 0.931 bits per heavy atom. The predicted octanol–water partition coefficient (Wildman–Crippen LogP) is 2.39. The van der Waals surface area contributed by atoms with E-state index in [-0.39, 0.29) is 18.0 Å². The van der Waals surface area contributed by atoms with E-state index >= 15 is 0 Å². The van der Waals surface area contributed by atoms with Gasteiger partial charge >= 0.3 is 11.9 Å². The molecule has 3 aliphatic rings. The summed E-state index contributed by atoms with van der Waals surface area (Å²) in [6.45, 7) is 0. The van der Waals surface area contributed by atoms with Gasteiger partial charge in [0.15, 0.2) is 17.0 Å². The Hall–Kier alpha value is -3.02. The molecule has 0 aliphatic heterocycles. The molecule has 1 fully saturated rings. The number of ketones is 2. The van der Waals surface area contributed by atoms with Crippen molar-refractivity contribution in [3.8, 4) is 0 Å². The zero-order valence-electron chi connectivity index (χ0n) is 16.3. The number of carbonyl (C=O) groups excluding carboxylic acids is 4. The first-order valence-corrected chi connectivity index (χ1v) is 9.62. The van der Waals surface area contributed by atoms with Gasteiger partial charge in [-0.3, -0.25) is 19.2 Å². The fraction of sp³-hybridized carbons (Fsp3) is 0.391. The molecule has 0 amide bonds. The molecular weight excluding hydrogens is 372 g/mol. The third-order valence-corrected chi connectivity index (χ3v) is 6.62. The molecule has 0 unspecified atom stereocenters. The molecule has 1 aromatic rings. The molecule has 6 nitrogen and oxygen atoms in total. The van der Waals surface area contributed by atoms with Crippen LogP contribution in [0, 0.1) is 23.2 Å². The smallest absolute Gasteiger partial charge is 0.324 e. The van der Waals surface area contributed by atoms with Gasteiger partial charge in [-0.25, -0.2) is 0 Å². The van der Waals surface area contributed by atoms with Gasteiger partial charge in [-0.1, -0.05) is 42.0 Å². The molecule has 6 heteroatoms. The molecular formula is C23H22O6.